The van der Waals surface area contributed by atoms with Gasteiger partial charge in [-0.05, 0) is 31.6 Å². The van der Waals surface area contributed by atoms with Gasteiger partial charge in [-0.3, -0.25) is 24.0 Å². The lowest BCUT2D eigenvalue weighted by Crippen LogP contribution is -2.56. The first kappa shape index (κ1) is 26.1. The molecule has 0 radical (unpaired) electrons. The van der Waals surface area contributed by atoms with Crippen LogP contribution in [0.5, 0.6) is 23.0 Å². The van der Waals surface area contributed by atoms with Crippen molar-refractivity contribution < 1.29 is 59.7 Å². The van der Waals surface area contributed by atoms with E-state index in [0.29, 0.717) is 0 Å². The van der Waals surface area contributed by atoms with E-state index in [4.69, 9.17) is 0 Å². The Labute approximate surface area is 235 Å². The summed E-state index contributed by atoms with van der Waals surface area (Å²) < 4.78 is 0. The van der Waals surface area contributed by atoms with Crippen molar-refractivity contribution >= 4 is 34.7 Å². The average Bonchev–Trinajstić information content (AvgIpc) is 3.11. The van der Waals surface area contributed by atoms with Gasteiger partial charge in [0.1, 0.15) is 28.8 Å². The van der Waals surface area contributed by atoms with Crippen LogP contribution in [-0.2, 0) is 4.79 Å². The molecule has 2 unspecified atom stereocenters. The molecule has 1 spiro atoms. The van der Waals surface area contributed by atoms with Crippen molar-refractivity contribution in [1.29, 1.82) is 0 Å². The van der Waals surface area contributed by atoms with Crippen molar-refractivity contribution in [2.75, 3.05) is 0 Å². The maximum Gasteiger partial charge on any atom is 0.193 e. The standard InChI is InChI=1S/C30H22O12/c1-6-3-8(31)12-16(22(6)35)25(38)14-15-19-10(33)5-11(34)20-26(39)13-9(32)4-7(2)23(36)18(13)29(42)30(19,20)21(27(15)40)28(41)17(14)24(12)37/h3-4,10,15,19,21,27,32-33,36-40H,5H2,1-2H3/t10-,15+,19?,21-,27-,30?/m0/s1. The first-order valence-corrected chi connectivity index (χ1v) is 13.1. The van der Waals surface area contributed by atoms with Crippen molar-refractivity contribution in [2.45, 2.75) is 38.4 Å². The second-order valence-corrected chi connectivity index (χ2v) is 11.6. The molecule has 2 aromatic carbocycles. The number of aryl methyl sites for hydroxylation is 1. The lowest BCUT2D eigenvalue weighted by atomic mass is 9.53. The molecule has 0 aromatic heterocycles. The number of carbonyl (C=O) groups excluding carboxylic acids is 5. The molecule has 0 heterocycles. The van der Waals surface area contributed by atoms with Crippen molar-refractivity contribution in [3.05, 3.63) is 62.2 Å². The highest BCUT2D eigenvalue weighted by atomic mass is 16.3. The first-order valence-electron chi connectivity index (χ1n) is 13.1. The highest BCUT2D eigenvalue weighted by molar-refractivity contribution is 6.29. The van der Waals surface area contributed by atoms with Gasteiger partial charge < -0.3 is 35.7 Å². The van der Waals surface area contributed by atoms with Crippen molar-refractivity contribution in [3.8, 4) is 23.0 Å². The summed E-state index contributed by atoms with van der Waals surface area (Å²) in [5.74, 6) is -14.3. The van der Waals surface area contributed by atoms with E-state index in [9.17, 15) is 59.7 Å². The molecular weight excluding hydrogens is 552 g/mol. The molecule has 6 atom stereocenters. The van der Waals surface area contributed by atoms with Crippen LogP contribution in [0.1, 0.15) is 77.4 Å². The number of rotatable bonds is 0. The van der Waals surface area contributed by atoms with Crippen LogP contribution in [0, 0.1) is 24.2 Å². The number of Topliss-reactive ketones (excluding diaryl/α,β-unsaturated/α-hetero) is 4. The molecule has 214 valence electrons. The minimum Gasteiger partial charge on any atom is -0.507 e. The van der Waals surface area contributed by atoms with Crippen LogP contribution in [-0.4, -0.2) is 76.9 Å². The van der Waals surface area contributed by atoms with E-state index in [-0.39, 0.29) is 11.1 Å². The molecule has 5 aliphatic carbocycles. The van der Waals surface area contributed by atoms with Crippen LogP contribution in [0.2, 0.25) is 0 Å². The molecule has 12 heteroatoms. The van der Waals surface area contributed by atoms with E-state index in [2.05, 4.69) is 0 Å². The zero-order valence-corrected chi connectivity index (χ0v) is 21.9. The molecule has 7 N–H and O–H groups in total. The molecule has 0 saturated heterocycles. The molecule has 5 aliphatic rings. The molecule has 2 saturated carbocycles. The summed E-state index contributed by atoms with van der Waals surface area (Å²) >= 11 is 0. The maximum absolute atomic E-state index is 14.6. The van der Waals surface area contributed by atoms with Crippen molar-refractivity contribution in [2.24, 2.45) is 17.3 Å². The second kappa shape index (κ2) is 7.72. The number of aliphatic hydroxyl groups excluding tert-OH is 3. The summed E-state index contributed by atoms with van der Waals surface area (Å²) in [7, 11) is 0. The number of ketones is 5. The summed E-state index contributed by atoms with van der Waals surface area (Å²) in [5.41, 5.74) is -6.89. The van der Waals surface area contributed by atoms with E-state index in [1.165, 1.54) is 13.8 Å². The van der Waals surface area contributed by atoms with Gasteiger partial charge >= 0.3 is 0 Å². The smallest absolute Gasteiger partial charge is 0.193 e. The summed E-state index contributed by atoms with van der Waals surface area (Å²) in [6.45, 7) is 2.65. The third-order valence-corrected chi connectivity index (χ3v) is 9.69. The maximum atomic E-state index is 14.6. The van der Waals surface area contributed by atoms with Gasteiger partial charge in [0.05, 0.1) is 56.9 Å². The monoisotopic (exact) mass is 574 g/mol. The highest BCUT2D eigenvalue weighted by Gasteiger charge is 2.76. The largest absolute Gasteiger partial charge is 0.507 e. The zero-order valence-electron chi connectivity index (χ0n) is 21.9. The van der Waals surface area contributed by atoms with Gasteiger partial charge in [0, 0.05) is 29.4 Å². The summed E-state index contributed by atoms with van der Waals surface area (Å²) in [4.78, 5) is 68.3. The normalized spacial score (nSPS) is 30.9. The Morgan fingerprint density at radius 3 is 2.14 bits per heavy atom. The number of phenolic OH excluding ortho intramolecular Hbond substituents is 4. The number of benzene rings is 2. The lowest BCUT2D eigenvalue weighted by Gasteiger charge is -2.47. The van der Waals surface area contributed by atoms with E-state index in [1.54, 1.807) is 0 Å². The summed E-state index contributed by atoms with van der Waals surface area (Å²) in [6, 6.07) is 1.06. The number of aromatic hydroxyl groups is 4. The van der Waals surface area contributed by atoms with Crippen molar-refractivity contribution in [3.63, 3.8) is 0 Å². The van der Waals surface area contributed by atoms with Gasteiger partial charge in [-0.1, -0.05) is 0 Å². The molecule has 42 heavy (non-hydrogen) atoms. The lowest BCUT2D eigenvalue weighted by molar-refractivity contribution is -0.123. The topological polar surface area (TPSA) is 227 Å². The SMILES string of the molecule is CC1=CC(=O)c2c(O)c3c(c(O)c2C1=O)[C@@H]1C2[C@@H](O)CC(=O)C4=C(O)c5c(O)cc(C)c(O)c5C(=O)C42[C@H](C3=O)[C@H]1O. The fraction of sp³-hybridized carbons (Fsp3) is 0.300. The quantitative estimate of drug-likeness (QED) is 0.222. The fourth-order valence-corrected chi connectivity index (χ4v) is 8.19. The number of hydrogen-bond donors (Lipinski definition) is 7. The fourth-order valence-electron chi connectivity index (χ4n) is 8.19. The number of hydrogen-bond acceptors (Lipinski definition) is 12. The third-order valence-electron chi connectivity index (χ3n) is 9.69. The van der Waals surface area contributed by atoms with Gasteiger partial charge in [-0.15, -0.1) is 0 Å². The highest BCUT2D eigenvalue weighted by Crippen LogP contribution is 2.71. The summed E-state index contributed by atoms with van der Waals surface area (Å²) in [6.07, 6.45) is -3.42. The van der Waals surface area contributed by atoms with Crippen molar-refractivity contribution in [1.82, 2.24) is 0 Å². The Bertz CT molecular complexity index is 1880. The number of phenols is 4. The van der Waals surface area contributed by atoms with Crippen LogP contribution in [0.4, 0.5) is 0 Å². The number of carbonyl (C=O) groups is 5. The molecule has 0 amide bonds. The van der Waals surface area contributed by atoms with Crippen LogP contribution >= 0.6 is 0 Å². The minimum absolute atomic E-state index is 0.00507. The van der Waals surface area contributed by atoms with Crippen LogP contribution in [0.25, 0.3) is 5.76 Å². The Balaban J connectivity index is 1.62. The molecule has 2 bridgehead atoms. The Kier molecular flexibility index (Phi) is 4.80. The zero-order chi connectivity index (χ0) is 30.5. The average molecular weight is 574 g/mol. The van der Waals surface area contributed by atoms with Crippen LogP contribution < -0.4 is 0 Å². The Morgan fingerprint density at radius 1 is 0.810 bits per heavy atom. The molecule has 0 aliphatic heterocycles. The minimum atomic E-state index is -2.52. The van der Waals surface area contributed by atoms with E-state index in [0.717, 1.165) is 12.1 Å². The van der Waals surface area contributed by atoms with Crippen LogP contribution in [0.3, 0.4) is 0 Å². The molecule has 2 fully saturated rings. The number of fused-ring (bicyclic) bond motifs is 7. The first-order chi connectivity index (χ1) is 19.7. The van der Waals surface area contributed by atoms with Gasteiger partial charge in [-0.25, -0.2) is 0 Å². The number of aliphatic hydroxyl groups is 3. The summed E-state index contributed by atoms with van der Waals surface area (Å²) in [5, 5.41) is 78.7. The van der Waals surface area contributed by atoms with Gasteiger partial charge in [0.25, 0.3) is 0 Å². The Hall–Kier alpha value is -4.81. The Morgan fingerprint density at radius 2 is 1.48 bits per heavy atom. The molecule has 12 nitrogen and oxygen atoms in total. The van der Waals surface area contributed by atoms with Gasteiger partial charge in [-0.2, -0.15) is 0 Å². The molecule has 7 rings (SSSR count). The predicted molar refractivity (Wildman–Crippen MR) is 139 cm³/mol. The second-order valence-electron chi connectivity index (χ2n) is 11.6. The van der Waals surface area contributed by atoms with E-state index < -0.39 is 138 Å². The van der Waals surface area contributed by atoms with Gasteiger partial charge in [0.2, 0.25) is 0 Å². The number of allylic oxidation sites excluding steroid dienone is 3. The molecular formula is C30H22O12. The van der Waals surface area contributed by atoms with Crippen LogP contribution in [0.15, 0.2) is 23.3 Å². The molecule has 2 aromatic rings. The third kappa shape index (κ3) is 2.54. The van der Waals surface area contributed by atoms with E-state index in [1.807, 2.05) is 0 Å². The van der Waals surface area contributed by atoms with E-state index >= 15 is 0 Å². The predicted octanol–water partition coefficient (Wildman–Crippen LogP) is 1.52. The van der Waals surface area contributed by atoms with Gasteiger partial charge in [0.15, 0.2) is 28.9 Å².